The number of halogens is 1. The zero-order valence-corrected chi connectivity index (χ0v) is 25.1. The Hall–Kier alpha value is -4.09. The Bertz CT molecular complexity index is 1700. The van der Waals surface area contributed by atoms with Crippen molar-refractivity contribution in [1.29, 1.82) is 0 Å². The number of hydrogen-bond acceptors (Lipinski definition) is 8. The van der Waals surface area contributed by atoms with E-state index in [1.807, 2.05) is 6.07 Å². The van der Waals surface area contributed by atoms with Gasteiger partial charge in [-0.3, -0.25) is 4.79 Å². The number of allylic oxidation sites excluding steroid dienone is 1. The van der Waals surface area contributed by atoms with Gasteiger partial charge in [-0.05, 0) is 95.4 Å². The molecule has 0 radical (unpaired) electrons. The van der Waals surface area contributed by atoms with Crippen molar-refractivity contribution in [3.63, 3.8) is 0 Å². The molecule has 43 heavy (non-hydrogen) atoms. The lowest BCUT2D eigenvalue weighted by molar-refractivity contribution is 0.0738. The second-order valence-corrected chi connectivity index (χ2v) is 12.4. The minimum atomic E-state index is -1.18. The first kappa shape index (κ1) is 29.0. The van der Waals surface area contributed by atoms with Gasteiger partial charge in [0.2, 0.25) is 5.95 Å². The summed E-state index contributed by atoms with van der Waals surface area (Å²) in [6.07, 6.45) is 7.79. The van der Waals surface area contributed by atoms with Crippen molar-refractivity contribution in [2.24, 2.45) is 5.41 Å². The molecule has 2 fully saturated rings. The van der Waals surface area contributed by atoms with Gasteiger partial charge in [0.25, 0.3) is 5.56 Å². The van der Waals surface area contributed by atoms with Crippen LogP contribution in [0.2, 0.25) is 0 Å². The molecule has 0 atom stereocenters. The van der Waals surface area contributed by atoms with Crippen LogP contribution in [-0.2, 0) is 12.1 Å². The van der Waals surface area contributed by atoms with Crippen molar-refractivity contribution < 1.29 is 9.50 Å². The predicted octanol–water partition coefficient (Wildman–Crippen LogP) is 4.59. The van der Waals surface area contributed by atoms with Gasteiger partial charge in [0.1, 0.15) is 16.8 Å². The van der Waals surface area contributed by atoms with Gasteiger partial charge < -0.3 is 20.2 Å². The van der Waals surface area contributed by atoms with E-state index in [1.54, 1.807) is 54.9 Å². The molecular formula is C32H39FN8O2. The fraction of sp³-hybridized carbons (Fsp3) is 0.438. The monoisotopic (exact) mass is 586 g/mol. The van der Waals surface area contributed by atoms with Gasteiger partial charge in [0, 0.05) is 25.0 Å². The second kappa shape index (κ2) is 11.2. The summed E-state index contributed by atoms with van der Waals surface area (Å²) in [5.41, 5.74) is 0.790. The lowest BCUT2D eigenvalue weighted by atomic mass is 9.71. The summed E-state index contributed by atoms with van der Waals surface area (Å²) in [6, 6.07) is 10.4. The fourth-order valence-electron chi connectivity index (χ4n) is 6.25. The largest absolute Gasteiger partial charge is 0.384 e. The summed E-state index contributed by atoms with van der Waals surface area (Å²) in [7, 11) is 2.19. The molecule has 2 aliphatic heterocycles. The van der Waals surface area contributed by atoms with E-state index in [1.165, 1.54) is 23.7 Å². The molecule has 0 saturated carbocycles. The van der Waals surface area contributed by atoms with E-state index in [2.05, 4.69) is 43.7 Å². The van der Waals surface area contributed by atoms with Crippen LogP contribution in [0.15, 0.2) is 60.0 Å². The molecule has 2 N–H and O–H groups in total. The van der Waals surface area contributed by atoms with Crippen molar-refractivity contribution in [2.75, 3.05) is 43.4 Å². The highest BCUT2D eigenvalue weighted by Crippen LogP contribution is 2.42. The number of anilines is 3. The fourth-order valence-corrected chi connectivity index (χ4v) is 6.25. The second-order valence-electron chi connectivity index (χ2n) is 12.4. The van der Waals surface area contributed by atoms with Crippen LogP contribution in [-0.4, -0.2) is 67.5 Å². The molecule has 0 amide bonds. The Morgan fingerprint density at radius 3 is 2.49 bits per heavy atom. The third kappa shape index (κ3) is 5.66. The van der Waals surface area contributed by atoms with Crippen LogP contribution in [0.5, 0.6) is 0 Å². The quantitative estimate of drug-likeness (QED) is 0.303. The maximum Gasteiger partial charge on any atom is 0.278 e. The molecule has 0 unspecified atom stereocenters. The molecule has 10 nitrogen and oxygen atoms in total. The van der Waals surface area contributed by atoms with Gasteiger partial charge in [-0.15, -0.1) is 6.58 Å². The highest BCUT2D eigenvalue weighted by atomic mass is 19.1. The van der Waals surface area contributed by atoms with Crippen molar-refractivity contribution in [1.82, 2.24) is 29.2 Å². The highest BCUT2D eigenvalue weighted by Gasteiger charge is 2.37. The van der Waals surface area contributed by atoms with Crippen molar-refractivity contribution in [3.8, 4) is 5.82 Å². The third-order valence-electron chi connectivity index (χ3n) is 8.99. The molecule has 3 aromatic heterocycles. The lowest BCUT2D eigenvalue weighted by Crippen LogP contribution is -2.46. The smallest absolute Gasteiger partial charge is 0.278 e. The Labute approximate surface area is 250 Å². The van der Waals surface area contributed by atoms with Gasteiger partial charge in [0.05, 0.1) is 17.9 Å². The van der Waals surface area contributed by atoms with Crippen LogP contribution in [0.25, 0.3) is 16.9 Å². The Kier molecular flexibility index (Phi) is 7.55. The summed E-state index contributed by atoms with van der Waals surface area (Å²) in [5, 5.41) is 13.8. The summed E-state index contributed by atoms with van der Waals surface area (Å²) in [5.74, 6) is 0.142. The molecule has 2 aliphatic rings. The number of piperidine rings is 2. The molecule has 11 heteroatoms. The van der Waals surface area contributed by atoms with Crippen LogP contribution < -0.4 is 15.8 Å². The summed E-state index contributed by atoms with van der Waals surface area (Å²) >= 11 is 0. The Balaban J connectivity index is 1.27. The molecule has 1 spiro atoms. The molecule has 0 aliphatic carbocycles. The van der Waals surface area contributed by atoms with Gasteiger partial charge in [-0.2, -0.15) is 4.98 Å². The SMILES string of the molecule is C=CCn1c(=O)c2cnc(Nc3ccc(N4CCC5(CCN(C)CC5)CC4)cc3F)nc2n1-c1cccc(C(C)(C)O)n1. The third-order valence-corrected chi connectivity index (χ3v) is 8.99. The lowest BCUT2D eigenvalue weighted by Gasteiger charge is -2.46. The summed E-state index contributed by atoms with van der Waals surface area (Å²) < 4.78 is 18.4. The number of pyridine rings is 1. The van der Waals surface area contributed by atoms with Gasteiger partial charge >= 0.3 is 0 Å². The van der Waals surface area contributed by atoms with Crippen LogP contribution >= 0.6 is 0 Å². The summed E-state index contributed by atoms with van der Waals surface area (Å²) in [6.45, 7) is 11.4. The van der Waals surface area contributed by atoms with Crippen LogP contribution in [0, 0.1) is 11.2 Å². The molecule has 0 bridgehead atoms. The van der Waals surface area contributed by atoms with Gasteiger partial charge in [-0.1, -0.05) is 12.1 Å². The predicted molar refractivity (Wildman–Crippen MR) is 167 cm³/mol. The average molecular weight is 587 g/mol. The zero-order valence-electron chi connectivity index (χ0n) is 25.1. The molecule has 1 aromatic carbocycles. The minimum Gasteiger partial charge on any atom is -0.384 e. The normalized spacial score (nSPS) is 17.5. The van der Waals surface area contributed by atoms with Crippen molar-refractivity contribution in [2.45, 2.75) is 51.7 Å². The molecular weight excluding hydrogens is 547 g/mol. The molecule has 2 saturated heterocycles. The number of nitrogens with zero attached hydrogens (tertiary/aromatic N) is 7. The number of hydrogen-bond donors (Lipinski definition) is 2. The Morgan fingerprint density at radius 2 is 1.81 bits per heavy atom. The average Bonchev–Trinajstić information content (AvgIpc) is 3.26. The number of fused-ring (bicyclic) bond motifs is 1. The van der Waals surface area contributed by atoms with E-state index in [0.717, 1.165) is 44.7 Å². The number of aliphatic hydroxyl groups is 1. The molecule has 5 heterocycles. The maximum absolute atomic E-state index is 15.4. The van der Waals surface area contributed by atoms with Crippen molar-refractivity contribution in [3.05, 3.63) is 77.1 Å². The van der Waals surface area contributed by atoms with E-state index >= 15 is 4.39 Å². The molecule has 4 aromatic rings. The van der Waals surface area contributed by atoms with Crippen LogP contribution in [0.3, 0.4) is 0 Å². The van der Waals surface area contributed by atoms with Gasteiger partial charge in [0.15, 0.2) is 11.5 Å². The number of nitrogens with one attached hydrogen (secondary N) is 1. The standard InChI is InChI=1S/C32H39FN8O2/c1-5-15-40-29(42)23-21-34-30(37-28(23)41(40)27-8-6-7-26(36-27)31(2,3)43)35-25-10-9-22(20-24(25)33)39-18-13-32(14-19-39)11-16-38(4)17-12-32/h5-10,20-21,43H,1,11-19H2,2-4H3,(H,34,35,37). The van der Waals surface area contributed by atoms with E-state index in [9.17, 15) is 9.90 Å². The first-order chi connectivity index (χ1) is 20.6. The Morgan fingerprint density at radius 1 is 1.09 bits per heavy atom. The van der Waals surface area contributed by atoms with Crippen LogP contribution in [0.1, 0.15) is 45.2 Å². The summed E-state index contributed by atoms with van der Waals surface area (Å²) in [4.78, 5) is 31.5. The molecule has 6 rings (SSSR count). The number of rotatable bonds is 7. The van der Waals surface area contributed by atoms with E-state index < -0.39 is 11.4 Å². The van der Waals surface area contributed by atoms with E-state index in [4.69, 9.17) is 0 Å². The van der Waals surface area contributed by atoms with Crippen LogP contribution in [0.4, 0.5) is 21.7 Å². The number of benzene rings is 1. The van der Waals surface area contributed by atoms with Crippen molar-refractivity contribution >= 4 is 28.4 Å². The molecule has 226 valence electrons. The first-order valence-electron chi connectivity index (χ1n) is 14.9. The topological polar surface area (TPSA) is 104 Å². The van der Waals surface area contributed by atoms with E-state index in [-0.39, 0.29) is 29.1 Å². The number of aromatic nitrogens is 5. The number of likely N-dealkylation sites (tertiary alicyclic amines) is 1. The maximum atomic E-state index is 15.4. The minimum absolute atomic E-state index is 0.143. The van der Waals surface area contributed by atoms with Gasteiger partial charge in [-0.25, -0.2) is 23.7 Å². The van der Waals surface area contributed by atoms with E-state index in [0.29, 0.717) is 22.6 Å². The highest BCUT2D eigenvalue weighted by molar-refractivity contribution is 5.77. The first-order valence-corrected chi connectivity index (χ1v) is 14.9. The zero-order chi connectivity index (χ0) is 30.4.